The van der Waals surface area contributed by atoms with E-state index in [1.807, 2.05) is 49.9 Å². The van der Waals surface area contributed by atoms with Crippen LogP contribution >= 0.6 is 0 Å². The number of likely N-dealkylation sites (tertiary alicyclic amines) is 1. The van der Waals surface area contributed by atoms with Crippen LogP contribution in [-0.4, -0.2) is 76.3 Å². The molecular formula is C28H37N5O4. The van der Waals surface area contributed by atoms with Gasteiger partial charge in [0.1, 0.15) is 11.4 Å². The Hall–Kier alpha value is -3.17. The number of aromatic amines is 1. The van der Waals surface area contributed by atoms with Gasteiger partial charge in [0.05, 0.1) is 5.69 Å². The monoisotopic (exact) mass is 507 g/mol. The van der Waals surface area contributed by atoms with Crippen LogP contribution in [0.1, 0.15) is 57.8 Å². The fourth-order valence-electron chi connectivity index (χ4n) is 5.60. The molecule has 1 atom stereocenters. The van der Waals surface area contributed by atoms with E-state index in [0.717, 1.165) is 61.2 Å². The van der Waals surface area contributed by atoms with E-state index in [9.17, 15) is 4.79 Å². The Morgan fingerprint density at radius 1 is 1.14 bits per heavy atom. The van der Waals surface area contributed by atoms with Crippen LogP contribution in [0.5, 0.6) is 5.75 Å². The van der Waals surface area contributed by atoms with Crippen molar-refractivity contribution in [1.82, 2.24) is 25.0 Å². The Labute approximate surface area is 218 Å². The zero-order valence-electron chi connectivity index (χ0n) is 22.4. The number of nitrogens with zero attached hydrogens (tertiary/aromatic N) is 4. The van der Waals surface area contributed by atoms with Gasteiger partial charge in [0.25, 0.3) is 0 Å². The second-order valence-corrected chi connectivity index (χ2v) is 10.9. The quantitative estimate of drug-likeness (QED) is 0.490. The molecule has 198 valence electrons. The molecule has 0 saturated carbocycles. The van der Waals surface area contributed by atoms with E-state index in [0.29, 0.717) is 11.8 Å². The molecule has 0 radical (unpaired) electrons. The number of benzene rings is 1. The highest BCUT2D eigenvalue weighted by molar-refractivity contribution is 5.86. The van der Waals surface area contributed by atoms with Crippen LogP contribution in [-0.2, 0) is 15.9 Å². The Kier molecular flexibility index (Phi) is 7.09. The molecule has 1 N–H and O–H groups in total. The first kappa shape index (κ1) is 25.5. The van der Waals surface area contributed by atoms with E-state index in [1.54, 1.807) is 7.11 Å². The van der Waals surface area contributed by atoms with Gasteiger partial charge in [-0.05, 0) is 64.3 Å². The van der Waals surface area contributed by atoms with Gasteiger partial charge in [0.15, 0.2) is 12.4 Å². The molecule has 9 heteroatoms. The van der Waals surface area contributed by atoms with Crippen LogP contribution in [0, 0.1) is 0 Å². The average Bonchev–Trinajstić information content (AvgIpc) is 3.25. The molecule has 1 fully saturated rings. The number of H-pyrrole nitrogens is 1. The van der Waals surface area contributed by atoms with Crippen molar-refractivity contribution in [1.29, 1.82) is 0 Å². The average molecular weight is 508 g/mol. The van der Waals surface area contributed by atoms with E-state index in [1.165, 1.54) is 11.3 Å². The Bertz CT molecular complexity index is 1260. The van der Waals surface area contributed by atoms with Crippen molar-refractivity contribution in [3.05, 3.63) is 41.6 Å². The minimum Gasteiger partial charge on any atom is -0.467 e. The molecule has 2 aromatic heterocycles. The number of para-hydroxylation sites is 1. The molecule has 0 bridgehead atoms. The number of carbonyl (C=O) groups is 1. The summed E-state index contributed by atoms with van der Waals surface area (Å²) in [7, 11) is 1.61. The number of methoxy groups -OCH3 is 1. The van der Waals surface area contributed by atoms with Crippen molar-refractivity contribution >= 4 is 17.1 Å². The molecule has 9 nitrogen and oxygen atoms in total. The molecule has 0 aliphatic carbocycles. The predicted octanol–water partition coefficient (Wildman–Crippen LogP) is 4.93. The standard InChI is InChI=1S/C28H37N5O4/c1-18-25-21-16-23(20-8-6-7-9-24(20)36-17-35-5)30-31-26(21)29-22(25)12-15-33(18)19-10-13-32(14-11-19)27(34)37-28(2,3)4/h6-9,16,18-19H,10-15,17H2,1-5H3,(H,29,31). The summed E-state index contributed by atoms with van der Waals surface area (Å²) in [5.74, 6) is 0.717. The lowest BCUT2D eigenvalue weighted by atomic mass is 9.92. The first-order valence-corrected chi connectivity index (χ1v) is 13.1. The van der Waals surface area contributed by atoms with E-state index in [-0.39, 0.29) is 18.9 Å². The summed E-state index contributed by atoms with van der Waals surface area (Å²) in [6, 6.07) is 10.6. The van der Waals surface area contributed by atoms with Crippen LogP contribution in [0.2, 0.25) is 0 Å². The molecule has 4 heterocycles. The SMILES string of the molecule is COCOc1ccccc1-c1cc2c3c([nH]c2nn1)CCN(C1CCN(C(=O)OC(C)(C)C)CC1)C3C. The fourth-order valence-corrected chi connectivity index (χ4v) is 5.60. The predicted molar refractivity (Wildman–Crippen MR) is 141 cm³/mol. The number of hydrogen-bond donors (Lipinski definition) is 1. The molecule has 1 saturated heterocycles. The highest BCUT2D eigenvalue weighted by Crippen LogP contribution is 2.39. The minimum atomic E-state index is -0.473. The van der Waals surface area contributed by atoms with E-state index in [4.69, 9.17) is 14.2 Å². The number of aromatic nitrogens is 3. The van der Waals surface area contributed by atoms with Crippen molar-refractivity contribution in [2.45, 2.75) is 64.6 Å². The second-order valence-electron chi connectivity index (χ2n) is 10.9. The zero-order chi connectivity index (χ0) is 26.2. The normalized spacial score (nSPS) is 19.2. The first-order valence-electron chi connectivity index (χ1n) is 13.1. The number of rotatable bonds is 5. The first-order chi connectivity index (χ1) is 17.7. The van der Waals surface area contributed by atoms with Gasteiger partial charge < -0.3 is 24.1 Å². The van der Waals surface area contributed by atoms with Crippen molar-refractivity contribution in [3.63, 3.8) is 0 Å². The Morgan fingerprint density at radius 2 is 1.89 bits per heavy atom. The summed E-state index contributed by atoms with van der Waals surface area (Å²) in [6.45, 7) is 10.6. The summed E-state index contributed by atoms with van der Waals surface area (Å²) >= 11 is 0. The molecule has 1 unspecified atom stereocenters. The molecule has 1 aromatic carbocycles. The molecule has 0 spiro atoms. The van der Waals surface area contributed by atoms with Crippen molar-refractivity contribution in [3.8, 4) is 17.0 Å². The minimum absolute atomic E-state index is 0.172. The molecule has 2 aliphatic rings. The van der Waals surface area contributed by atoms with Crippen molar-refractivity contribution in [2.24, 2.45) is 0 Å². The third-order valence-electron chi connectivity index (χ3n) is 7.29. The maximum absolute atomic E-state index is 12.5. The molecule has 2 aliphatic heterocycles. The molecular weight excluding hydrogens is 470 g/mol. The van der Waals surface area contributed by atoms with E-state index in [2.05, 4.69) is 33.1 Å². The van der Waals surface area contributed by atoms with Gasteiger partial charge in [0.2, 0.25) is 0 Å². The number of piperidine rings is 1. The van der Waals surface area contributed by atoms with Gasteiger partial charge in [-0.3, -0.25) is 4.90 Å². The van der Waals surface area contributed by atoms with E-state index >= 15 is 0 Å². The van der Waals surface area contributed by atoms with Gasteiger partial charge in [-0.1, -0.05) is 12.1 Å². The maximum Gasteiger partial charge on any atom is 0.410 e. The summed E-state index contributed by atoms with van der Waals surface area (Å²) in [6.07, 6.45) is 2.61. The van der Waals surface area contributed by atoms with Crippen LogP contribution in [0.15, 0.2) is 30.3 Å². The van der Waals surface area contributed by atoms with Crippen molar-refractivity contribution in [2.75, 3.05) is 33.5 Å². The molecule has 5 rings (SSSR count). The van der Waals surface area contributed by atoms with Crippen LogP contribution < -0.4 is 4.74 Å². The van der Waals surface area contributed by atoms with Gasteiger partial charge in [-0.2, -0.15) is 0 Å². The topological polar surface area (TPSA) is 92.8 Å². The third kappa shape index (κ3) is 5.29. The van der Waals surface area contributed by atoms with Crippen LogP contribution in [0.3, 0.4) is 0 Å². The smallest absolute Gasteiger partial charge is 0.410 e. The second kappa shape index (κ2) is 10.3. The van der Waals surface area contributed by atoms with Gasteiger partial charge in [-0.25, -0.2) is 4.79 Å². The molecule has 1 amide bonds. The van der Waals surface area contributed by atoms with Crippen molar-refractivity contribution < 1.29 is 19.0 Å². The number of nitrogens with one attached hydrogen (secondary N) is 1. The number of carbonyl (C=O) groups excluding carboxylic acids is 1. The van der Waals surface area contributed by atoms with Gasteiger partial charge >= 0.3 is 6.09 Å². The van der Waals surface area contributed by atoms with Gasteiger partial charge in [-0.15, -0.1) is 10.2 Å². The summed E-state index contributed by atoms with van der Waals surface area (Å²) in [5, 5.41) is 10.2. The lowest BCUT2D eigenvalue weighted by Gasteiger charge is -2.43. The number of amides is 1. The fraction of sp³-hybridized carbons (Fsp3) is 0.536. The highest BCUT2D eigenvalue weighted by atomic mass is 16.7. The third-order valence-corrected chi connectivity index (χ3v) is 7.29. The largest absolute Gasteiger partial charge is 0.467 e. The summed E-state index contributed by atoms with van der Waals surface area (Å²) in [4.78, 5) is 20.5. The molecule has 3 aromatic rings. The maximum atomic E-state index is 12.5. The lowest BCUT2D eigenvalue weighted by Crippen LogP contribution is -2.50. The van der Waals surface area contributed by atoms with Crippen LogP contribution in [0.25, 0.3) is 22.3 Å². The number of ether oxygens (including phenoxy) is 3. The zero-order valence-corrected chi connectivity index (χ0v) is 22.4. The van der Waals surface area contributed by atoms with Crippen LogP contribution in [0.4, 0.5) is 4.79 Å². The number of hydrogen-bond acceptors (Lipinski definition) is 7. The molecule has 37 heavy (non-hydrogen) atoms. The Morgan fingerprint density at radius 3 is 2.62 bits per heavy atom. The lowest BCUT2D eigenvalue weighted by molar-refractivity contribution is 0.0107. The van der Waals surface area contributed by atoms with E-state index < -0.39 is 5.60 Å². The van der Waals surface area contributed by atoms with Gasteiger partial charge in [0, 0.05) is 61.9 Å². The summed E-state index contributed by atoms with van der Waals surface area (Å²) < 4.78 is 16.5. The Balaban J connectivity index is 1.36. The summed E-state index contributed by atoms with van der Waals surface area (Å²) in [5.41, 5.74) is 4.54. The number of fused-ring (bicyclic) bond motifs is 3. The highest BCUT2D eigenvalue weighted by Gasteiger charge is 2.35.